The van der Waals surface area contributed by atoms with E-state index < -0.39 is 8.07 Å². The van der Waals surface area contributed by atoms with Crippen LogP contribution in [0.3, 0.4) is 0 Å². The molecule has 0 radical (unpaired) electrons. The lowest BCUT2D eigenvalue weighted by atomic mass is 10.2. The molecule has 1 aliphatic heterocycles. The van der Waals surface area contributed by atoms with Gasteiger partial charge in [0, 0.05) is 25.7 Å². The molecule has 0 aliphatic carbocycles. The van der Waals surface area contributed by atoms with Crippen LogP contribution in [0.2, 0.25) is 19.6 Å². The molecule has 1 aromatic carbocycles. The van der Waals surface area contributed by atoms with Gasteiger partial charge in [0.1, 0.15) is 0 Å². The minimum absolute atomic E-state index is 0.385. The molecule has 1 aliphatic rings. The van der Waals surface area contributed by atoms with Crippen LogP contribution in [0.5, 0.6) is 0 Å². The van der Waals surface area contributed by atoms with Crippen molar-refractivity contribution < 1.29 is 0 Å². The minimum atomic E-state index is -1.15. The highest BCUT2D eigenvalue weighted by atomic mass is 28.3. The number of rotatable bonds is 3. The molecule has 0 bridgehead atoms. The molecule has 1 saturated heterocycles. The summed E-state index contributed by atoms with van der Waals surface area (Å²) in [5.41, 5.74) is 7.34. The van der Waals surface area contributed by atoms with Crippen LogP contribution in [0.15, 0.2) is 24.3 Å². The summed E-state index contributed by atoms with van der Waals surface area (Å²) in [6.07, 6.45) is 1.15. The van der Waals surface area contributed by atoms with Crippen LogP contribution < -0.4 is 10.9 Å². The number of hydrogen-bond acceptors (Lipinski definition) is 2. The molecule has 2 rings (SSSR count). The Labute approximate surface area is 106 Å². The number of nitrogens with two attached hydrogens (primary N) is 1. The maximum atomic E-state index is 5.92. The molecule has 2 N–H and O–H groups in total. The summed E-state index contributed by atoms with van der Waals surface area (Å²) in [6.45, 7) is 10.4. The first-order valence-electron chi connectivity index (χ1n) is 6.52. The van der Waals surface area contributed by atoms with E-state index in [1.54, 1.807) is 5.19 Å². The van der Waals surface area contributed by atoms with Crippen molar-refractivity contribution >= 4 is 13.3 Å². The number of benzene rings is 1. The van der Waals surface area contributed by atoms with Gasteiger partial charge < -0.3 is 5.73 Å². The van der Waals surface area contributed by atoms with Crippen molar-refractivity contribution in [2.45, 2.75) is 38.6 Å². The maximum Gasteiger partial charge on any atom is 0.0775 e. The largest absolute Gasteiger partial charge is 0.326 e. The van der Waals surface area contributed by atoms with Gasteiger partial charge in [-0.25, -0.2) is 0 Å². The summed E-state index contributed by atoms with van der Waals surface area (Å²) in [6, 6.07) is 9.60. The Hall–Kier alpha value is -0.643. The smallest absolute Gasteiger partial charge is 0.0775 e. The van der Waals surface area contributed by atoms with Crippen LogP contribution in [-0.2, 0) is 6.54 Å². The molecule has 3 heteroatoms. The Morgan fingerprint density at radius 3 is 2.35 bits per heavy atom. The van der Waals surface area contributed by atoms with E-state index in [1.807, 2.05) is 0 Å². The third kappa shape index (κ3) is 3.41. The first-order valence-corrected chi connectivity index (χ1v) is 10.0. The first-order chi connectivity index (χ1) is 7.95. The van der Waals surface area contributed by atoms with Gasteiger partial charge in [-0.05, 0) is 12.0 Å². The molecule has 1 atom stereocenters. The zero-order valence-electron chi connectivity index (χ0n) is 11.2. The van der Waals surface area contributed by atoms with Crippen molar-refractivity contribution in [2.24, 2.45) is 5.73 Å². The van der Waals surface area contributed by atoms with Crippen LogP contribution in [0, 0.1) is 0 Å². The van der Waals surface area contributed by atoms with Crippen molar-refractivity contribution in [2.75, 3.05) is 13.1 Å². The van der Waals surface area contributed by atoms with Gasteiger partial charge in [0.15, 0.2) is 0 Å². The topological polar surface area (TPSA) is 29.3 Å². The Morgan fingerprint density at radius 2 is 1.88 bits per heavy atom. The monoisotopic (exact) mass is 248 g/mol. The summed E-state index contributed by atoms with van der Waals surface area (Å²) in [5, 5.41) is 1.54. The second-order valence-electron chi connectivity index (χ2n) is 6.23. The lowest BCUT2D eigenvalue weighted by molar-refractivity contribution is 0.327. The van der Waals surface area contributed by atoms with Gasteiger partial charge >= 0.3 is 0 Å². The van der Waals surface area contributed by atoms with Crippen molar-refractivity contribution in [3.05, 3.63) is 29.8 Å². The fourth-order valence-corrected chi connectivity index (χ4v) is 3.54. The molecular formula is C14H24N2Si. The molecule has 0 saturated carbocycles. The van der Waals surface area contributed by atoms with Crippen molar-refractivity contribution in [3.8, 4) is 0 Å². The maximum absolute atomic E-state index is 5.92. The molecule has 17 heavy (non-hydrogen) atoms. The van der Waals surface area contributed by atoms with Gasteiger partial charge in [-0.15, -0.1) is 0 Å². The predicted molar refractivity (Wildman–Crippen MR) is 77.3 cm³/mol. The van der Waals surface area contributed by atoms with E-state index in [0.29, 0.717) is 6.04 Å². The van der Waals surface area contributed by atoms with E-state index in [2.05, 4.69) is 48.8 Å². The number of nitrogens with zero attached hydrogens (tertiary/aromatic N) is 1. The minimum Gasteiger partial charge on any atom is -0.326 e. The highest BCUT2D eigenvalue weighted by molar-refractivity contribution is 6.88. The van der Waals surface area contributed by atoms with Crippen molar-refractivity contribution in [3.63, 3.8) is 0 Å². The van der Waals surface area contributed by atoms with Crippen LogP contribution >= 0.6 is 0 Å². The van der Waals surface area contributed by atoms with Gasteiger partial charge in [0.25, 0.3) is 0 Å². The van der Waals surface area contributed by atoms with Gasteiger partial charge in [-0.2, -0.15) is 0 Å². The van der Waals surface area contributed by atoms with E-state index in [1.165, 1.54) is 5.56 Å². The molecule has 1 unspecified atom stereocenters. The van der Waals surface area contributed by atoms with Gasteiger partial charge in [-0.1, -0.05) is 49.1 Å². The SMILES string of the molecule is C[Si](C)(C)c1ccc(CN2CCC(N)C2)cc1. The average molecular weight is 248 g/mol. The molecule has 1 aromatic rings. The molecule has 0 spiro atoms. The molecular weight excluding hydrogens is 224 g/mol. The second kappa shape index (κ2) is 4.92. The Balaban J connectivity index is 1.99. The summed E-state index contributed by atoms with van der Waals surface area (Å²) in [4.78, 5) is 2.45. The van der Waals surface area contributed by atoms with Gasteiger partial charge in [-0.3, -0.25) is 4.90 Å². The van der Waals surface area contributed by atoms with Crippen LogP contribution in [0.4, 0.5) is 0 Å². The van der Waals surface area contributed by atoms with Crippen molar-refractivity contribution in [1.82, 2.24) is 4.90 Å². The normalized spacial score (nSPS) is 22.0. The highest BCUT2D eigenvalue weighted by Gasteiger charge is 2.19. The lowest BCUT2D eigenvalue weighted by Gasteiger charge is -2.19. The van der Waals surface area contributed by atoms with E-state index in [0.717, 1.165) is 26.1 Å². The molecule has 1 heterocycles. The number of likely N-dealkylation sites (tertiary alicyclic amines) is 1. The fourth-order valence-electron chi connectivity index (χ4n) is 2.37. The second-order valence-corrected chi connectivity index (χ2v) is 11.3. The summed E-state index contributed by atoms with van der Waals surface area (Å²) in [7, 11) is -1.15. The van der Waals surface area contributed by atoms with E-state index in [9.17, 15) is 0 Å². The van der Waals surface area contributed by atoms with E-state index in [4.69, 9.17) is 5.73 Å². The molecule has 1 fully saturated rings. The zero-order chi connectivity index (χ0) is 12.5. The summed E-state index contributed by atoms with van der Waals surface area (Å²) >= 11 is 0. The molecule has 0 aromatic heterocycles. The van der Waals surface area contributed by atoms with Crippen LogP contribution in [-0.4, -0.2) is 32.1 Å². The fraction of sp³-hybridized carbons (Fsp3) is 0.571. The van der Waals surface area contributed by atoms with Crippen LogP contribution in [0.25, 0.3) is 0 Å². The average Bonchev–Trinajstić information content (AvgIpc) is 2.63. The van der Waals surface area contributed by atoms with Crippen molar-refractivity contribution in [1.29, 1.82) is 0 Å². The molecule has 2 nitrogen and oxygen atoms in total. The Bertz CT molecular complexity index is 367. The van der Waals surface area contributed by atoms with E-state index >= 15 is 0 Å². The standard InChI is InChI=1S/C14H24N2Si/c1-17(2,3)14-6-4-12(5-7-14)10-16-9-8-13(15)11-16/h4-7,13H,8-11,15H2,1-3H3. The predicted octanol–water partition coefficient (Wildman–Crippen LogP) is 1.76. The van der Waals surface area contributed by atoms with Crippen LogP contribution in [0.1, 0.15) is 12.0 Å². The summed E-state index contributed by atoms with van der Waals surface area (Å²) < 4.78 is 0. The first kappa shape index (κ1) is 12.8. The third-order valence-electron chi connectivity index (χ3n) is 3.53. The van der Waals surface area contributed by atoms with E-state index in [-0.39, 0.29) is 0 Å². The quantitative estimate of drug-likeness (QED) is 0.826. The molecule has 94 valence electrons. The Morgan fingerprint density at radius 1 is 1.24 bits per heavy atom. The molecule has 0 amide bonds. The lowest BCUT2D eigenvalue weighted by Crippen LogP contribution is -2.37. The zero-order valence-corrected chi connectivity index (χ0v) is 12.2. The highest BCUT2D eigenvalue weighted by Crippen LogP contribution is 2.12. The summed E-state index contributed by atoms with van der Waals surface area (Å²) in [5.74, 6) is 0. The number of hydrogen-bond donors (Lipinski definition) is 1. The Kier molecular flexibility index (Phi) is 3.71. The van der Waals surface area contributed by atoms with Gasteiger partial charge in [0.2, 0.25) is 0 Å². The van der Waals surface area contributed by atoms with Gasteiger partial charge in [0.05, 0.1) is 8.07 Å². The third-order valence-corrected chi connectivity index (χ3v) is 5.60.